The third-order valence-corrected chi connectivity index (χ3v) is 3.14. The summed E-state index contributed by atoms with van der Waals surface area (Å²) in [5.41, 5.74) is 6.33. The van der Waals surface area contributed by atoms with Crippen molar-refractivity contribution in [2.75, 3.05) is 23.8 Å². The Morgan fingerprint density at radius 1 is 1.50 bits per heavy atom. The third kappa shape index (κ3) is 2.44. The Bertz CT molecular complexity index is 326. The van der Waals surface area contributed by atoms with Crippen LogP contribution in [0.4, 0.5) is 11.5 Å². The summed E-state index contributed by atoms with van der Waals surface area (Å²) in [7, 11) is 0. The summed E-state index contributed by atoms with van der Waals surface area (Å²) >= 11 is 0. The van der Waals surface area contributed by atoms with Crippen LogP contribution in [0.25, 0.3) is 0 Å². The highest BCUT2D eigenvalue weighted by atomic mass is 16.2. The van der Waals surface area contributed by atoms with Crippen molar-refractivity contribution in [2.24, 2.45) is 0 Å². The normalized spacial score (nSPS) is 20.3. The number of aliphatic hydroxyl groups is 1. The summed E-state index contributed by atoms with van der Waals surface area (Å²) in [4.78, 5) is 6.69. The number of hydrogen-bond donors (Lipinski definition) is 2. The average Bonchev–Trinajstić information content (AvgIpc) is 2.75. The second kappa shape index (κ2) is 5.16. The number of nitrogens with two attached hydrogens (primary N) is 1. The van der Waals surface area contributed by atoms with Crippen molar-refractivity contribution >= 4 is 11.5 Å². The molecule has 1 fully saturated rings. The maximum absolute atomic E-state index is 8.87. The summed E-state index contributed by atoms with van der Waals surface area (Å²) in [5, 5.41) is 8.87. The van der Waals surface area contributed by atoms with E-state index in [1.807, 2.05) is 12.1 Å². The number of aliphatic hydroxyl groups excluding tert-OH is 1. The van der Waals surface area contributed by atoms with Gasteiger partial charge in [-0.05, 0) is 37.8 Å². The van der Waals surface area contributed by atoms with E-state index in [0.717, 1.165) is 25.2 Å². The Kier molecular flexibility index (Phi) is 3.62. The van der Waals surface area contributed by atoms with Crippen LogP contribution in [-0.4, -0.2) is 29.3 Å². The van der Waals surface area contributed by atoms with E-state index in [1.54, 1.807) is 6.20 Å². The molecule has 3 N–H and O–H groups in total. The Morgan fingerprint density at radius 3 is 3.06 bits per heavy atom. The van der Waals surface area contributed by atoms with Gasteiger partial charge in [0.1, 0.15) is 5.82 Å². The van der Waals surface area contributed by atoms with Crippen molar-refractivity contribution in [3.05, 3.63) is 18.3 Å². The monoisotopic (exact) mass is 221 g/mol. The lowest BCUT2D eigenvalue weighted by Gasteiger charge is -2.25. The highest BCUT2D eigenvalue weighted by Crippen LogP contribution is 2.26. The largest absolute Gasteiger partial charge is 0.397 e. The summed E-state index contributed by atoms with van der Waals surface area (Å²) in [6.45, 7) is 1.34. The second-order valence-electron chi connectivity index (χ2n) is 4.31. The number of hydrogen-bond acceptors (Lipinski definition) is 4. The van der Waals surface area contributed by atoms with Crippen LogP contribution in [0.15, 0.2) is 18.3 Å². The van der Waals surface area contributed by atoms with Crippen LogP contribution < -0.4 is 10.6 Å². The van der Waals surface area contributed by atoms with Gasteiger partial charge in [-0.1, -0.05) is 0 Å². The van der Waals surface area contributed by atoms with Crippen molar-refractivity contribution < 1.29 is 5.11 Å². The van der Waals surface area contributed by atoms with Gasteiger partial charge in [0.2, 0.25) is 0 Å². The molecule has 1 aliphatic rings. The van der Waals surface area contributed by atoms with Gasteiger partial charge < -0.3 is 15.7 Å². The first-order valence-corrected chi connectivity index (χ1v) is 5.90. The van der Waals surface area contributed by atoms with Gasteiger partial charge in [0.05, 0.1) is 11.9 Å². The zero-order valence-electron chi connectivity index (χ0n) is 9.47. The van der Waals surface area contributed by atoms with E-state index >= 15 is 0 Å². The van der Waals surface area contributed by atoms with Crippen molar-refractivity contribution in [1.82, 2.24) is 4.98 Å². The molecular weight excluding hydrogens is 202 g/mol. The molecule has 1 unspecified atom stereocenters. The predicted molar refractivity (Wildman–Crippen MR) is 65.3 cm³/mol. The molecule has 2 rings (SSSR count). The standard InChI is InChI=1S/C12H19N3O/c13-10-5-6-12(14-9-10)15-7-1-3-11(15)4-2-8-16/h5-6,9,11,16H,1-4,7-8,13H2. The van der Waals surface area contributed by atoms with Crippen LogP contribution in [0, 0.1) is 0 Å². The fraction of sp³-hybridized carbons (Fsp3) is 0.583. The number of nitrogens with zero attached hydrogens (tertiary/aromatic N) is 2. The molecule has 4 nitrogen and oxygen atoms in total. The molecule has 88 valence electrons. The molecule has 0 aliphatic carbocycles. The molecule has 0 spiro atoms. The van der Waals surface area contributed by atoms with Crippen LogP contribution in [0.3, 0.4) is 0 Å². The highest BCUT2D eigenvalue weighted by molar-refractivity contribution is 5.47. The van der Waals surface area contributed by atoms with Crippen LogP contribution in [-0.2, 0) is 0 Å². The van der Waals surface area contributed by atoms with Crippen LogP contribution in [0.1, 0.15) is 25.7 Å². The zero-order valence-corrected chi connectivity index (χ0v) is 9.47. The van der Waals surface area contributed by atoms with Gasteiger partial charge in [-0.3, -0.25) is 0 Å². The van der Waals surface area contributed by atoms with Crippen LogP contribution in [0.2, 0.25) is 0 Å². The number of nitrogen functional groups attached to an aromatic ring is 1. The Morgan fingerprint density at radius 2 is 2.38 bits per heavy atom. The van der Waals surface area contributed by atoms with Gasteiger partial charge >= 0.3 is 0 Å². The Balaban J connectivity index is 2.04. The Labute approximate surface area is 96.1 Å². The van der Waals surface area contributed by atoms with Crippen LogP contribution in [0.5, 0.6) is 0 Å². The highest BCUT2D eigenvalue weighted by Gasteiger charge is 2.24. The SMILES string of the molecule is Nc1ccc(N2CCCC2CCCO)nc1. The molecule has 4 heteroatoms. The van der Waals surface area contributed by atoms with Crippen molar-refractivity contribution in [3.63, 3.8) is 0 Å². The van der Waals surface area contributed by atoms with Gasteiger partial charge in [-0.25, -0.2) is 4.98 Å². The lowest BCUT2D eigenvalue weighted by molar-refractivity contribution is 0.279. The lowest BCUT2D eigenvalue weighted by atomic mass is 10.1. The fourth-order valence-electron chi connectivity index (χ4n) is 2.33. The maximum Gasteiger partial charge on any atom is 0.128 e. The number of anilines is 2. The van der Waals surface area contributed by atoms with E-state index in [0.29, 0.717) is 11.7 Å². The van der Waals surface area contributed by atoms with E-state index in [1.165, 1.54) is 12.8 Å². The molecule has 1 atom stereocenters. The van der Waals surface area contributed by atoms with Gasteiger partial charge in [0.25, 0.3) is 0 Å². The van der Waals surface area contributed by atoms with E-state index < -0.39 is 0 Å². The topological polar surface area (TPSA) is 62.4 Å². The van der Waals surface area contributed by atoms with Crippen molar-refractivity contribution in [3.8, 4) is 0 Å². The van der Waals surface area contributed by atoms with E-state index in [2.05, 4.69) is 9.88 Å². The minimum Gasteiger partial charge on any atom is -0.397 e. The minimum absolute atomic E-state index is 0.277. The summed E-state index contributed by atoms with van der Waals surface area (Å²) in [6.07, 6.45) is 6.03. The maximum atomic E-state index is 8.87. The number of rotatable bonds is 4. The Hall–Kier alpha value is -1.29. The summed E-state index contributed by atoms with van der Waals surface area (Å²) in [6, 6.07) is 4.40. The van der Waals surface area contributed by atoms with Gasteiger partial charge in [-0.15, -0.1) is 0 Å². The van der Waals surface area contributed by atoms with Crippen LogP contribution >= 0.6 is 0 Å². The van der Waals surface area contributed by atoms with Gasteiger partial charge in [0.15, 0.2) is 0 Å². The number of pyridine rings is 1. The first-order chi connectivity index (χ1) is 7.81. The molecular formula is C12H19N3O. The van der Waals surface area contributed by atoms with Crippen molar-refractivity contribution in [2.45, 2.75) is 31.7 Å². The molecule has 1 aromatic heterocycles. The molecule has 2 heterocycles. The average molecular weight is 221 g/mol. The molecule has 0 bridgehead atoms. The predicted octanol–water partition coefficient (Wildman–Crippen LogP) is 1.41. The quantitative estimate of drug-likeness (QED) is 0.807. The molecule has 0 radical (unpaired) electrons. The molecule has 16 heavy (non-hydrogen) atoms. The summed E-state index contributed by atoms with van der Waals surface area (Å²) < 4.78 is 0. The van der Waals surface area contributed by atoms with Crippen molar-refractivity contribution in [1.29, 1.82) is 0 Å². The third-order valence-electron chi connectivity index (χ3n) is 3.14. The fourth-order valence-corrected chi connectivity index (χ4v) is 2.33. The zero-order chi connectivity index (χ0) is 11.4. The molecule has 1 saturated heterocycles. The molecule has 1 aliphatic heterocycles. The van der Waals surface area contributed by atoms with Gasteiger partial charge in [-0.2, -0.15) is 0 Å². The lowest BCUT2D eigenvalue weighted by Crippen LogP contribution is -2.30. The van der Waals surface area contributed by atoms with E-state index in [-0.39, 0.29) is 6.61 Å². The summed E-state index contributed by atoms with van der Waals surface area (Å²) in [5.74, 6) is 1.01. The molecule has 0 aromatic carbocycles. The van der Waals surface area contributed by atoms with Gasteiger partial charge in [0, 0.05) is 19.2 Å². The minimum atomic E-state index is 0.277. The number of aromatic nitrogens is 1. The van der Waals surface area contributed by atoms with E-state index in [9.17, 15) is 0 Å². The molecule has 0 amide bonds. The van der Waals surface area contributed by atoms with E-state index in [4.69, 9.17) is 10.8 Å². The molecule has 0 saturated carbocycles. The first-order valence-electron chi connectivity index (χ1n) is 5.90. The molecule has 1 aromatic rings. The second-order valence-corrected chi connectivity index (χ2v) is 4.31. The smallest absolute Gasteiger partial charge is 0.128 e. The first kappa shape index (κ1) is 11.2.